The molecule has 1 unspecified atom stereocenters. The molecule has 0 spiro atoms. The van der Waals surface area contributed by atoms with Crippen molar-refractivity contribution in [2.75, 3.05) is 14.1 Å². The van der Waals surface area contributed by atoms with Crippen molar-refractivity contribution in [3.63, 3.8) is 0 Å². The van der Waals surface area contributed by atoms with Gasteiger partial charge in [-0.15, -0.1) is 0 Å². The number of rotatable bonds is 5. The SMILES string of the molecule is CC(C(=O)OC(C)(C)Cc1ccc(Cl)cc1)N(C)C. The van der Waals surface area contributed by atoms with Gasteiger partial charge in [0.1, 0.15) is 11.6 Å². The molecule has 0 saturated heterocycles. The summed E-state index contributed by atoms with van der Waals surface area (Å²) in [5.74, 6) is -0.205. The molecule has 106 valence electrons. The van der Waals surface area contributed by atoms with Gasteiger partial charge >= 0.3 is 5.97 Å². The Labute approximate surface area is 120 Å². The highest BCUT2D eigenvalue weighted by Gasteiger charge is 2.27. The highest BCUT2D eigenvalue weighted by atomic mass is 35.5. The van der Waals surface area contributed by atoms with Crippen LogP contribution >= 0.6 is 11.6 Å². The number of hydrogen-bond acceptors (Lipinski definition) is 3. The van der Waals surface area contributed by atoms with Crippen molar-refractivity contribution in [2.24, 2.45) is 0 Å². The molecule has 0 aromatic heterocycles. The molecular weight excluding hydrogens is 262 g/mol. The van der Waals surface area contributed by atoms with Gasteiger partial charge in [0.15, 0.2) is 0 Å². The van der Waals surface area contributed by atoms with Crippen LogP contribution in [0.2, 0.25) is 5.02 Å². The van der Waals surface area contributed by atoms with Crippen molar-refractivity contribution in [1.29, 1.82) is 0 Å². The largest absolute Gasteiger partial charge is 0.458 e. The fourth-order valence-corrected chi connectivity index (χ4v) is 1.82. The Hall–Kier alpha value is -1.06. The molecule has 0 aliphatic rings. The molecule has 0 aliphatic carbocycles. The number of carbonyl (C=O) groups is 1. The quantitative estimate of drug-likeness (QED) is 0.778. The van der Waals surface area contributed by atoms with E-state index in [0.717, 1.165) is 5.56 Å². The Morgan fingerprint density at radius 1 is 1.32 bits per heavy atom. The van der Waals surface area contributed by atoms with E-state index in [1.165, 1.54) is 0 Å². The monoisotopic (exact) mass is 283 g/mol. The van der Waals surface area contributed by atoms with E-state index in [4.69, 9.17) is 16.3 Å². The summed E-state index contributed by atoms with van der Waals surface area (Å²) < 4.78 is 5.58. The van der Waals surface area contributed by atoms with Crippen molar-refractivity contribution in [3.8, 4) is 0 Å². The first-order valence-electron chi connectivity index (χ1n) is 6.35. The van der Waals surface area contributed by atoms with Gasteiger partial charge in [0, 0.05) is 11.4 Å². The summed E-state index contributed by atoms with van der Waals surface area (Å²) >= 11 is 5.85. The lowest BCUT2D eigenvalue weighted by Crippen LogP contribution is -2.40. The standard InChI is InChI=1S/C15H22ClNO2/c1-11(17(4)5)14(18)19-15(2,3)10-12-6-8-13(16)9-7-12/h6-9,11H,10H2,1-5H3. The van der Waals surface area contributed by atoms with Crippen LogP contribution in [0.5, 0.6) is 0 Å². The molecule has 0 radical (unpaired) electrons. The molecule has 0 fully saturated rings. The zero-order valence-electron chi connectivity index (χ0n) is 12.2. The molecule has 1 rings (SSSR count). The average molecular weight is 284 g/mol. The van der Waals surface area contributed by atoms with E-state index in [2.05, 4.69) is 0 Å². The van der Waals surface area contributed by atoms with Gasteiger partial charge < -0.3 is 4.74 Å². The minimum Gasteiger partial charge on any atom is -0.458 e. The Balaban J connectivity index is 2.65. The summed E-state index contributed by atoms with van der Waals surface area (Å²) in [5.41, 5.74) is 0.564. The van der Waals surface area contributed by atoms with Crippen LogP contribution in [0.15, 0.2) is 24.3 Å². The summed E-state index contributed by atoms with van der Waals surface area (Å²) in [4.78, 5) is 13.8. The minimum absolute atomic E-state index is 0.205. The maximum atomic E-state index is 12.0. The third kappa shape index (κ3) is 5.21. The van der Waals surface area contributed by atoms with Crippen LogP contribution in [0.4, 0.5) is 0 Å². The fraction of sp³-hybridized carbons (Fsp3) is 0.533. The van der Waals surface area contributed by atoms with Gasteiger partial charge in [0.25, 0.3) is 0 Å². The van der Waals surface area contributed by atoms with Crippen LogP contribution in [-0.2, 0) is 16.0 Å². The van der Waals surface area contributed by atoms with Crippen molar-refractivity contribution < 1.29 is 9.53 Å². The van der Waals surface area contributed by atoms with Gasteiger partial charge in [-0.05, 0) is 52.6 Å². The number of esters is 1. The second-order valence-electron chi connectivity index (χ2n) is 5.62. The van der Waals surface area contributed by atoms with Crippen molar-refractivity contribution in [3.05, 3.63) is 34.9 Å². The highest BCUT2D eigenvalue weighted by molar-refractivity contribution is 6.30. The number of ether oxygens (including phenoxy) is 1. The van der Waals surface area contributed by atoms with E-state index in [9.17, 15) is 4.79 Å². The molecule has 4 heteroatoms. The van der Waals surface area contributed by atoms with Crippen LogP contribution in [0.1, 0.15) is 26.3 Å². The van der Waals surface area contributed by atoms with Crippen LogP contribution in [0.3, 0.4) is 0 Å². The lowest BCUT2D eigenvalue weighted by molar-refractivity contribution is -0.161. The number of carbonyl (C=O) groups excluding carboxylic acids is 1. The predicted molar refractivity (Wildman–Crippen MR) is 78.5 cm³/mol. The Kier molecular flexibility index (Phi) is 5.39. The van der Waals surface area contributed by atoms with Crippen LogP contribution in [0.25, 0.3) is 0 Å². The third-order valence-corrected chi connectivity index (χ3v) is 3.29. The van der Waals surface area contributed by atoms with Gasteiger partial charge in [0.05, 0.1) is 0 Å². The van der Waals surface area contributed by atoms with Crippen LogP contribution in [-0.4, -0.2) is 36.6 Å². The topological polar surface area (TPSA) is 29.5 Å². The molecular formula is C15H22ClNO2. The van der Waals surface area contributed by atoms with Gasteiger partial charge in [-0.2, -0.15) is 0 Å². The van der Waals surface area contributed by atoms with Crippen LogP contribution < -0.4 is 0 Å². The van der Waals surface area contributed by atoms with E-state index in [1.807, 2.05) is 64.0 Å². The van der Waals surface area contributed by atoms with E-state index < -0.39 is 5.60 Å². The first kappa shape index (κ1) is 16.0. The normalized spacial score (nSPS) is 13.4. The maximum Gasteiger partial charge on any atom is 0.323 e. The molecule has 19 heavy (non-hydrogen) atoms. The van der Waals surface area contributed by atoms with Crippen molar-refractivity contribution >= 4 is 17.6 Å². The van der Waals surface area contributed by atoms with Gasteiger partial charge in [0.2, 0.25) is 0 Å². The Bertz CT molecular complexity index is 426. The van der Waals surface area contributed by atoms with E-state index in [0.29, 0.717) is 11.4 Å². The number of halogens is 1. The summed E-state index contributed by atoms with van der Waals surface area (Å²) in [5, 5.41) is 0.708. The molecule has 0 heterocycles. The summed E-state index contributed by atoms with van der Waals surface area (Å²) in [6.45, 7) is 5.67. The fourth-order valence-electron chi connectivity index (χ4n) is 1.70. The number of likely N-dealkylation sites (N-methyl/N-ethyl adjacent to an activating group) is 1. The molecule has 1 aromatic rings. The lowest BCUT2D eigenvalue weighted by atomic mass is 9.98. The Morgan fingerprint density at radius 2 is 1.84 bits per heavy atom. The molecule has 1 aromatic carbocycles. The van der Waals surface area contributed by atoms with E-state index >= 15 is 0 Å². The van der Waals surface area contributed by atoms with E-state index in [1.54, 1.807) is 0 Å². The van der Waals surface area contributed by atoms with Gasteiger partial charge in [-0.25, -0.2) is 0 Å². The van der Waals surface area contributed by atoms with Gasteiger partial charge in [-0.1, -0.05) is 23.7 Å². The highest BCUT2D eigenvalue weighted by Crippen LogP contribution is 2.20. The van der Waals surface area contributed by atoms with Crippen LogP contribution in [0, 0.1) is 0 Å². The van der Waals surface area contributed by atoms with Gasteiger partial charge in [-0.3, -0.25) is 9.69 Å². The zero-order chi connectivity index (χ0) is 14.6. The lowest BCUT2D eigenvalue weighted by Gasteiger charge is -2.28. The molecule has 0 amide bonds. The second kappa shape index (κ2) is 6.40. The minimum atomic E-state index is -0.533. The maximum absolute atomic E-state index is 12.0. The molecule has 0 N–H and O–H groups in total. The average Bonchev–Trinajstić information content (AvgIpc) is 2.30. The summed E-state index contributed by atoms with van der Waals surface area (Å²) in [7, 11) is 3.72. The summed E-state index contributed by atoms with van der Waals surface area (Å²) in [6, 6.07) is 7.35. The predicted octanol–water partition coefficient (Wildman–Crippen LogP) is 3.15. The number of nitrogens with zero attached hydrogens (tertiary/aromatic N) is 1. The number of hydrogen-bond donors (Lipinski definition) is 0. The second-order valence-corrected chi connectivity index (χ2v) is 6.06. The van der Waals surface area contributed by atoms with E-state index in [-0.39, 0.29) is 12.0 Å². The smallest absolute Gasteiger partial charge is 0.323 e. The first-order chi connectivity index (χ1) is 8.71. The van der Waals surface area contributed by atoms with Crippen molar-refractivity contribution in [2.45, 2.75) is 38.8 Å². The molecule has 0 bridgehead atoms. The molecule has 0 saturated carbocycles. The molecule has 3 nitrogen and oxygen atoms in total. The van der Waals surface area contributed by atoms with Crippen molar-refractivity contribution in [1.82, 2.24) is 4.90 Å². The Morgan fingerprint density at radius 3 is 2.32 bits per heavy atom. The third-order valence-electron chi connectivity index (χ3n) is 3.04. The molecule has 0 aliphatic heterocycles. The summed E-state index contributed by atoms with van der Waals surface area (Å²) in [6.07, 6.45) is 0.663. The number of benzene rings is 1. The zero-order valence-corrected chi connectivity index (χ0v) is 13.0. The first-order valence-corrected chi connectivity index (χ1v) is 6.73. The molecule has 1 atom stereocenters.